The average Bonchev–Trinajstić information content (AvgIpc) is 2.57. The molecule has 0 saturated carbocycles. The summed E-state index contributed by atoms with van der Waals surface area (Å²) in [5.41, 5.74) is -0.0800. The molecule has 0 spiro atoms. The monoisotopic (exact) mass is 368 g/mol. The molecule has 0 aliphatic rings. The molecule has 0 atom stereocenters. The maximum Gasteiger partial charge on any atom is 0.331 e. The lowest BCUT2D eigenvalue weighted by Gasteiger charge is -2.24. The van der Waals surface area contributed by atoms with Crippen LogP contribution in [0.5, 0.6) is 0 Å². The van der Waals surface area contributed by atoms with E-state index in [1.54, 1.807) is 0 Å². The number of ether oxygens (including phenoxy) is 2. The van der Waals surface area contributed by atoms with E-state index < -0.39 is 11.9 Å². The smallest absolute Gasteiger partial charge is 0.331 e. The van der Waals surface area contributed by atoms with E-state index in [0.29, 0.717) is 13.2 Å². The van der Waals surface area contributed by atoms with Gasteiger partial charge in [0.15, 0.2) is 0 Å². The fourth-order valence-electron chi connectivity index (χ4n) is 2.62. The van der Waals surface area contributed by atoms with Gasteiger partial charge in [-0.05, 0) is 23.7 Å². The number of rotatable bonds is 14. The van der Waals surface area contributed by atoms with Crippen LogP contribution in [0.2, 0.25) is 0 Å². The van der Waals surface area contributed by atoms with Crippen molar-refractivity contribution in [3.63, 3.8) is 0 Å². The van der Waals surface area contributed by atoms with E-state index in [1.807, 2.05) is 0 Å². The number of esters is 2. The molecule has 0 fully saturated rings. The predicted octanol–water partition coefficient (Wildman–Crippen LogP) is 5.84. The number of carbonyl (C=O) groups excluding carboxylic acids is 2. The summed E-state index contributed by atoms with van der Waals surface area (Å²) in [4.78, 5) is 23.6. The first-order valence-corrected chi connectivity index (χ1v) is 10.1. The molecule has 0 heterocycles. The Bertz CT molecular complexity index is 395. The van der Waals surface area contributed by atoms with Crippen LogP contribution in [0.15, 0.2) is 12.2 Å². The molecule has 0 aliphatic carbocycles. The number of hydrogen-bond acceptors (Lipinski definition) is 4. The minimum Gasteiger partial charge on any atom is -0.462 e. The van der Waals surface area contributed by atoms with E-state index >= 15 is 0 Å². The van der Waals surface area contributed by atoms with E-state index in [9.17, 15) is 9.59 Å². The molecule has 0 aromatic carbocycles. The highest BCUT2D eigenvalue weighted by molar-refractivity contribution is 5.91. The van der Waals surface area contributed by atoms with Gasteiger partial charge in [0.1, 0.15) is 0 Å². The van der Waals surface area contributed by atoms with Crippen molar-refractivity contribution in [1.82, 2.24) is 0 Å². The number of unbranched alkanes of at least 4 members (excludes halogenated alkanes) is 4. The molecule has 0 bridgehead atoms. The molecule has 0 radical (unpaired) electrons. The first-order chi connectivity index (χ1) is 12.1. The van der Waals surface area contributed by atoms with E-state index in [-0.39, 0.29) is 10.8 Å². The molecule has 0 N–H and O–H groups in total. The van der Waals surface area contributed by atoms with Gasteiger partial charge in [-0.25, -0.2) is 9.59 Å². The SMILES string of the molecule is CCCCCC(C)(C)COC(=O)C=CC(=O)OCC(C)(C)CCCCC. The first kappa shape index (κ1) is 24.7. The third-order valence-electron chi connectivity index (χ3n) is 4.48. The van der Waals surface area contributed by atoms with Gasteiger partial charge in [-0.2, -0.15) is 0 Å². The lowest BCUT2D eigenvalue weighted by Crippen LogP contribution is -2.22. The minimum atomic E-state index is -0.493. The zero-order chi connectivity index (χ0) is 20.1. The Labute approximate surface area is 160 Å². The zero-order valence-corrected chi connectivity index (χ0v) is 17.9. The van der Waals surface area contributed by atoms with E-state index in [2.05, 4.69) is 41.5 Å². The second-order valence-corrected chi connectivity index (χ2v) is 8.79. The van der Waals surface area contributed by atoms with Crippen LogP contribution in [-0.4, -0.2) is 25.2 Å². The standard InChI is InChI=1S/C22H40O4/c1-7-9-11-15-21(3,4)17-25-19(23)13-14-20(24)26-18-22(5,6)16-12-10-8-2/h13-14H,7-12,15-18H2,1-6H3. The summed E-state index contributed by atoms with van der Waals surface area (Å²) in [6.45, 7) is 13.4. The summed E-state index contributed by atoms with van der Waals surface area (Å²) in [5.74, 6) is -0.986. The van der Waals surface area contributed by atoms with Gasteiger partial charge in [-0.15, -0.1) is 0 Å². The maximum atomic E-state index is 11.8. The van der Waals surface area contributed by atoms with Gasteiger partial charge in [0.25, 0.3) is 0 Å². The van der Waals surface area contributed by atoms with Crippen LogP contribution in [0.1, 0.15) is 92.9 Å². The molecular weight excluding hydrogens is 328 g/mol. The van der Waals surface area contributed by atoms with Crippen LogP contribution < -0.4 is 0 Å². The summed E-state index contributed by atoms with van der Waals surface area (Å²) in [7, 11) is 0. The molecule has 152 valence electrons. The normalized spacial score (nSPS) is 12.4. The molecule has 0 saturated heterocycles. The summed E-state index contributed by atoms with van der Waals surface area (Å²) in [6.07, 6.45) is 11.4. The van der Waals surface area contributed by atoms with Crippen LogP contribution in [0.3, 0.4) is 0 Å². The molecule has 0 rings (SSSR count). The van der Waals surface area contributed by atoms with Gasteiger partial charge in [0.05, 0.1) is 13.2 Å². The Kier molecular flexibility index (Phi) is 12.3. The Hall–Kier alpha value is -1.32. The lowest BCUT2D eigenvalue weighted by molar-refractivity contribution is -0.143. The topological polar surface area (TPSA) is 52.6 Å². The number of carbonyl (C=O) groups is 2. The third kappa shape index (κ3) is 13.9. The minimum absolute atomic E-state index is 0.0400. The van der Waals surface area contributed by atoms with Crippen LogP contribution >= 0.6 is 0 Å². The van der Waals surface area contributed by atoms with E-state index in [4.69, 9.17) is 9.47 Å². The van der Waals surface area contributed by atoms with Crippen LogP contribution in [0, 0.1) is 10.8 Å². The second-order valence-electron chi connectivity index (χ2n) is 8.79. The molecule has 0 aromatic heterocycles. The van der Waals surface area contributed by atoms with Crippen molar-refractivity contribution in [1.29, 1.82) is 0 Å². The van der Waals surface area contributed by atoms with Crippen LogP contribution in [0.4, 0.5) is 0 Å². The highest BCUT2D eigenvalue weighted by Gasteiger charge is 2.20. The molecule has 0 unspecified atom stereocenters. The van der Waals surface area contributed by atoms with E-state index in [0.717, 1.165) is 37.8 Å². The molecule has 4 nitrogen and oxygen atoms in total. The van der Waals surface area contributed by atoms with Crippen molar-refractivity contribution >= 4 is 11.9 Å². The summed E-state index contributed by atoms with van der Waals surface area (Å²) >= 11 is 0. The molecule has 0 aliphatic heterocycles. The molecule has 4 heteroatoms. The summed E-state index contributed by atoms with van der Waals surface area (Å²) in [5, 5.41) is 0. The Balaban J connectivity index is 4.13. The Morgan fingerprint density at radius 3 is 1.35 bits per heavy atom. The first-order valence-electron chi connectivity index (χ1n) is 10.1. The fourth-order valence-corrected chi connectivity index (χ4v) is 2.62. The lowest BCUT2D eigenvalue weighted by atomic mass is 9.88. The second kappa shape index (κ2) is 12.9. The van der Waals surface area contributed by atoms with Gasteiger partial charge in [0.2, 0.25) is 0 Å². The van der Waals surface area contributed by atoms with Gasteiger partial charge >= 0.3 is 11.9 Å². The predicted molar refractivity (Wildman–Crippen MR) is 107 cm³/mol. The van der Waals surface area contributed by atoms with Crippen LogP contribution in [-0.2, 0) is 19.1 Å². The van der Waals surface area contributed by atoms with Crippen molar-refractivity contribution in [3.05, 3.63) is 12.2 Å². The van der Waals surface area contributed by atoms with Crippen molar-refractivity contribution < 1.29 is 19.1 Å². The van der Waals surface area contributed by atoms with Crippen molar-refractivity contribution in [2.24, 2.45) is 10.8 Å². The highest BCUT2D eigenvalue weighted by Crippen LogP contribution is 2.25. The molecule has 0 aromatic rings. The van der Waals surface area contributed by atoms with Gasteiger partial charge in [-0.1, -0.05) is 80.1 Å². The van der Waals surface area contributed by atoms with Gasteiger partial charge in [-0.3, -0.25) is 0 Å². The number of hydrogen-bond donors (Lipinski definition) is 0. The molecule has 26 heavy (non-hydrogen) atoms. The van der Waals surface area contributed by atoms with Crippen LogP contribution in [0.25, 0.3) is 0 Å². The summed E-state index contributed by atoms with van der Waals surface area (Å²) in [6, 6.07) is 0. The van der Waals surface area contributed by atoms with Crippen molar-refractivity contribution in [3.8, 4) is 0 Å². The largest absolute Gasteiger partial charge is 0.462 e. The average molecular weight is 369 g/mol. The quantitative estimate of drug-likeness (QED) is 0.219. The van der Waals surface area contributed by atoms with Gasteiger partial charge < -0.3 is 9.47 Å². The maximum absolute atomic E-state index is 11.8. The fraction of sp³-hybridized carbons (Fsp3) is 0.818. The van der Waals surface area contributed by atoms with Crippen molar-refractivity contribution in [2.75, 3.05) is 13.2 Å². The molecule has 0 amide bonds. The molecular formula is C22H40O4. The Morgan fingerprint density at radius 1 is 0.692 bits per heavy atom. The Morgan fingerprint density at radius 2 is 1.04 bits per heavy atom. The van der Waals surface area contributed by atoms with Gasteiger partial charge in [0, 0.05) is 12.2 Å². The highest BCUT2D eigenvalue weighted by atomic mass is 16.5. The van der Waals surface area contributed by atoms with E-state index in [1.165, 1.54) is 25.7 Å². The summed E-state index contributed by atoms with van der Waals surface area (Å²) < 4.78 is 10.5. The third-order valence-corrected chi connectivity index (χ3v) is 4.48. The van der Waals surface area contributed by atoms with Crippen molar-refractivity contribution in [2.45, 2.75) is 92.9 Å². The zero-order valence-electron chi connectivity index (χ0n) is 17.9.